The van der Waals surface area contributed by atoms with Gasteiger partial charge < -0.3 is 5.21 Å². The minimum atomic E-state index is -0.222. The number of rotatable bonds is 3. The molecule has 0 aliphatic rings. The SMILES string of the molecule is O=C(/C=N/O)Cc1cccc(Br)c1. The van der Waals surface area contributed by atoms with Crippen molar-refractivity contribution >= 4 is 27.9 Å². The van der Waals surface area contributed by atoms with Crippen molar-refractivity contribution in [3.63, 3.8) is 0 Å². The molecule has 1 rings (SSSR count). The van der Waals surface area contributed by atoms with Crippen LogP contribution in [0.5, 0.6) is 0 Å². The van der Waals surface area contributed by atoms with Gasteiger partial charge in [-0.15, -0.1) is 0 Å². The van der Waals surface area contributed by atoms with Gasteiger partial charge in [0, 0.05) is 10.9 Å². The van der Waals surface area contributed by atoms with Crippen LogP contribution >= 0.6 is 15.9 Å². The van der Waals surface area contributed by atoms with Crippen molar-refractivity contribution in [2.75, 3.05) is 0 Å². The third-order valence-electron chi connectivity index (χ3n) is 1.47. The molecule has 1 N–H and O–H groups in total. The molecule has 0 unspecified atom stereocenters. The van der Waals surface area contributed by atoms with E-state index >= 15 is 0 Å². The second-order valence-corrected chi connectivity index (χ2v) is 3.43. The lowest BCUT2D eigenvalue weighted by Crippen LogP contribution is -2.03. The first kappa shape index (κ1) is 9.92. The quantitative estimate of drug-likeness (QED) is 0.500. The van der Waals surface area contributed by atoms with Crippen molar-refractivity contribution in [1.29, 1.82) is 0 Å². The fourth-order valence-corrected chi connectivity index (χ4v) is 1.40. The van der Waals surface area contributed by atoms with Gasteiger partial charge in [0.25, 0.3) is 0 Å². The van der Waals surface area contributed by atoms with Crippen molar-refractivity contribution in [1.82, 2.24) is 0 Å². The van der Waals surface area contributed by atoms with Crippen molar-refractivity contribution in [2.45, 2.75) is 6.42 Å². The predicted molar refractivity (Wildman–Crippen MR) is 53.1 cm³/mol. The minimum absolute atomic E-state index is 0.222. The number of benzene rings is 1. The first-order valence-corrected chi connectivity index (χ1v) is 4.46. The van der Waals surface area contributed by atoms with Crippen LogP contribution in [0.15, 0.2) is 33.9 Å². The standard InChI is InChI=1S/C9H8BrNO2/c10-8-3-1-2-7(4-8)5-9(12)6-11-13/h1-4,6,13H,5H2/b11-6+. The Bertz CT molecular complexity index is 336. The van der Waals surface area contributed by atoms with Gasteiger partial charge in [0.2, 0.25) is 0 Å². The fourth-order valence-electron chi connectivity index (χ4n) is 0.958. The Morgan fingerprint density at radius 2 is 2.38 bits per heavy atom. The molecule has 13 heavy (non-hydrogen) atoms. The smallest absolute Gasteiger partial charge is 0.181 e. The third-order valence-corrected chi connectivity index (χ3v) is 1.96. The second kappa shape index (κ2) is 4.77. The maximum absolute atomic E-state index is 11.0. The number of ketones is 1. The van der Waals surface area contributed by atoms with Gasteiger partial charge in [-0.25, -0.2) is 0 Å². The number of halogens is 1. The molecule has 0 fully saturated rings. The van der Waals surface area contributed by atoms with E-state index in [-0.39, 0.29) is 12.2 Å². The third kappa shape index (κ3) is 3.38. The summed E-state index contributed by atoms with van der Waals surface area (Å²) in [5.41, 5.74) is 0.888. The number of carbonyl (C=O) groups is 1. The van der Waals surface area contributed by atoms with Crippen LogP contribution in [-0.2, 0) is 11.2 Å². The Hall–Kier alpha value is -1.16. The van der Waals surface area contributed by atoms with E-state index in [4.69, 9.17) is 5.21 Å². The molecule has 68 valence electrons. The molecule has 0 atom stereocenters. The van der Waals surface area contributed by atoms with Crippen molar-refractivity contribution in [3.8, 4) is 0 Å². The summed E-state index contributed by atoms with van der Waals surface area (Å²) in [6, 6.07) is 7.42. The van der Waals surface area contributed by atoms with Gasteiger partial charge in [-0.2, -0.15) is 0 Å². The van der Waals surface area contributed by atoms with E-state index in [2.05, 4.69) is 21.1 Å². The Kier molecular flexibility index (Phi) is 3.64. The van der Waals surface area contributed by atoms with Crippen molar-refractivity contribution in [3.05, 3.63) is 34.3 Å². The summed E-state index contributed by atoms with van der Waals surface area (Å²) in [5.74, 6) is -0.222. The molecule has 3 nitrogen and oxygen atoms in total. The normalized spacial score (nSPS) is 10.5. The topological polar surface area (TPSA) is 49.7 Å². The highest BCUT2D eigenvalue weighted by atomic mass is 79.9. The van der Waals surface area contributed by atoms with Crippen molar-refractivity contribution < 1.29 is 10.0 Å². The number of carbonyl (C=O) groups excluding carboxylic acids is 1. The second-order valence-electron chi connectivity index (χ2n) is 2.52. The molecule has 0 amide bonds. The predicted octanol–water partition coefficient (Wildman–Crippen LogP) is 2.02. The van der Waals surface area contributed by atoms with Crippen LogP contribution in [0.4, 0.5) is 0 Å². The molecule has 0 saturated carbocycles. The van der Waals surface area contributed by atoms with E-state index in [1.54, 1.807) is 0 Å². The van der Waals surface area contributed by atoms with Crippen molar-refractivity contribution in [2.24, 2.45) is 5.16 Å². The highest BCUT2D eigenvalue weighted by molar-refractivity contribution is 9.10. The maximum atomic E-state index is 11.0. The van der Waals surface area contributed by atoms with Gasteiger partial charge >= 0.3 is 0 Å². The largest absolute Gasteiger partial charge is 0.411 e. The molecule has 0 saturated heterocycles. The zero-order valence-corrected chi connectivity index (χ0v) is 8.36. The average molecular weight is 242 g/mol. The number of oxime groups is 1. The van der Waals surface area contributed by atoms with E-state index in [9.17, 15) is 4.79 Å². The lowest BCUT2D eigenvalue weighted by atomic mass is 10.1. The molecule has 1 aromatic rings. The van der Waals surface area contributed by atoms with E-state index in [0.29, 0.717) is 0 Å². The first-order valence-electron chi connectivity index (χ1n) is 3.67. The minimum Gasteiger partial charge on any atom is -0.411 e. The van der Waals surface area contributed by atoms with Gasteiger partial charge in [-0.1, -0.05) is 33.2 Å². The Morgan fingerprint density at radius 1 is 1.62 bits per heavy atom. The zero-order chi connectivity index (χ0) is 9.68. The van der Waals surface area contributed by atoms with Crippen LogP contribution in [0.2, 0.25) is 0 Å². The van der Waals surface area contributed by atoms with Gasteiger partial charge in [0.1, 0.15) is 6.21 Å². The highest BCUT2D eigenvalue weighted by Crippen LogP contribution is 2.11. The molecule has 0 radical (unpaired) electrons. The van der Waals surface area contributed by atoms with Crippen LogP contribution in [0.3, 0.4) is 0 Å². The summed E-state index contributed by atoms with van der Waals surface area (Å²) in [6.45, 7) is 0. The average Bonchev–Trinajstić information content (AvgIpc) is 2.04. The summed E-state index contributed by atoms with van der Waals surface area (Å²) in [7, 11) is 0. The van der Waals surface area contributed by atoms with Gasteiger partial charge in [0.15, 0.2) is 5.78 Å². The van der Waals surface area contributed by atoms with Crippen LogP contribution < -0.4 is 0 Å². The van der Waals surface area contributed by atoms with Crippen LogP contribution in [0, 0.1) is 0 Å². The lowest BCUT2D eigenvalue weighted by Gasteiger charge is -1.97. The fraction of sp³-hybridized carbons (Fsp3) is 0.111. The molecule has 0 aromatic heterocycles. The molecule has 1 aromatic carbocycles. The number of hydrogen-bond donors (Lipinski definition) is 1. The molecular formula is C9H8BrNO2. The van der Waals surface area contributed by atoms with Gasteiger partial charge in [0.05, 0.1) is 0 Å². The molecule has 0 spiro atoms. The monoisotopic (exact) mass is 241 g/mol. The number of hydrogen-bond acceptors (Lipinski definition) is 3. The van der Waals surface area contributed by atoms with E-state index < -0.39 is 0 Å². The van der Waals surface area contributed by atoms with E-state index in [1.807, 2.05) is 24.3 Å². The Balaban J connectivity index is 2.69. The molecule has 0 heterocycles. The van der Waals surface area contributed by atoms with E-state index in [1.165, 1.54) is 0 Å². The summed E-state index contributed by atoms with van der Waals surface area (Å²) in [6.07, 6.45) is 1.16. The molecular weight excluding hydrogens is 234 g/mol. The summed E-state index contributed by atoms with van der Waals surface area (Å²) in [4.78, 5) is 11.0. The lowest BCUT2D eigenvalue weighted by molar-refractivity contribution is -0.112. The molecule has 0 aliphatic carbocycles. The molecule has 0 aliphatic heterocycles. The number of Topliss-reactive ketones (excluding diaryl/α,β-unsaturated/α-hetero) is 1. The Labute approximate surface area is 84.2 Å². The van der Waals surface area contributed by atoms with E-state index in [0.717, 1.165) is 16.3 Å². The van der Waals surface area contributed by atoms with Crippen LogP contribution in [0.25, 0.3) is 0 Å². The summed E-state index contributed by atoms with van der Waals surface area (Å²) < 4.78 is 0.929. The zero-order valence-electron chi connectivity index (χ0n) is 6.77. The highest BCUT2D eigenvalue weighted by Gasteiger charge is 2.00. The first-order chi connectivity index (χ1) is 6.22. The summed E-state index contributed by atoms with van der Waals surface area (Å²) in [5, 5.41) is 10.8. The van der Waals surface area contributed by atoms with Gasteiger partial charge in [-0.3, -0.25) is 4.79 Å². The Morgan fingerprint density at radius 3 is 3.00 bits per heavy atom. The maximum Gasteiger partial charge on any atom is 0.181 e. The molecule has 4 heteroatoms. The summed E-state index contributed by atoms with van der Waals surface area (Å²) >= 11 is 3.30. The van der Waals surface area contributed by atoms with Crippen LogP contribution in [0.1, 0.15) is 5.56 Å². The molecule has 0 bridgehead atoms. The number of nitrogens with zero attached hydrogens (tertiary/aromatic N) is 1. The van der Waals surface area contributed by atoms with Gasteiger partial charge in [-0.05, 0) is 17.7 Å². The van der Waals surface area contributed by atoms with Crippen LogP contribution in [-0.4, -0.2) is 17.2 Å².